The molecule has 3 aromatic carbocycles. The fraction of sp³-hybridized carbons (Fsp3) is 0.231. The lowest BCUT2D eigenvalue weighted by atomic mass is 10.2. The van der Waals surface area contributed by atoms with Crippen molar-refractivity contribution in [2.24, 2.45) is 0 Å². The van der Waals surface area contributed by atoms with Gasteiger partial charge in [0.15, 0.2) is 16.7 Å². The predicted molar refractivity (Wildman–Crippen MR) is 134 cm³/mol. The van der Waals surface area contributed by atoms with Crippen molar-refractivity contribution in [3.05, 3.63) is 76.1 Å². The highest BCUT2D eigenvalue weighted by molar-refractivity contribution is 7.98. The number of fused-ring (bicyclic) bond motifs is 1. The zero-order valence-corrected chi connectivity index (χ0v) is 20.6. The monoisotopic (exact) mass is 478 g/mol. The van der Waals surface area contributed by atoms with Crippen LogP contribution in [0.2, 0.25) is 0 Å². The molecule has 4 aromatic rings. The molecule has 0 radical (unpaired) electrons. The van der Waals surface area contributed by atoms with Gasteiger partial charge in [0.25, 0.3) is 5.56 Å². The predicted octanol–water partition coefficient (Wildman–Crippen LogP) is 5.02. The van der Waals surface area contributed by atoms with Crippen molar-refractivity contribution in [3.63, 3.8) is 0 Å². The molecule has 0 saturated carbocycles. The number of rotatable bonds is 8. The molecule has 0 atom stereocenters. The number of aryl methyl sites for hydroxylation is 1. The second kappa shape index (κ2) is 10.1. The van der Waals surface area contributed by atoms with Gasteiger partial charge in [-0.15, -0.1) is 0 Å². The summed E-state index contributed by atoms with van der Waals surface area (Å²) in [7, 11) is 6.17. The fourth-order valence-corrected chi connectivity index (χ4v) is 4.62. The van der Waals surface area contributed by atoms with Gasteiger partial charge in [0.05, 0.1) is 39.5 Å². The summed E-state index contributed by atoms with van der Waals surface area (Å²) in [5.41, 5.74) is 3.19. The largest absolute Gasteiger partial charge is 0.497 e. The summed E-state index contributed by atoms with van der Waals surface area (Å²) in [6, 6.07) is 17.2. The molecular weight excluding hydrogens is 452 g/mol. The van der Waals surface area contributed by atoms with E-state index in [2.05, 4.69) is 31.2 Å². The minimum absolute atomic E-state index is 0.235. The number of ether oxygens (including phenoxy) is 4. The molecule has 1 heterocycles. The molecule has 0 aliphatic rings. The Balaban J connectivity index is 1.94. The van der Waals surface area contributed by atoms with Crippen LogP contribution in [0.1, 0.15) is 11.1 Å². The number of nitrogens with zero attached hydrogens (tertiary/aromatic N) is 2. The van der Waals surface area contributed by atoms with E-state index in [0.29, 0.717) is 50.5 Å². The maximum atomic E-state index is 13.8. The van der Waals surface area contributed by atoms with Crippen LogP contribution in [0.5, 0.6) is 23.0 Å². The highest BCUT2D eigenvalue weighted by atomic mass is 32.2. The van der Waals surface area contributed by atoms with E-state index in [4.69, 9.17) is 23.9 Å². The van der Waals surface area contributed by atoms with Crippen LogP contribution in [0.25, 0.3) is 16.6 Å². The van der Waals surface area contributed by atoms with Gasteiger partial charge in [-0.1, -0.05) is 41.6 Å². The summed E-state index contributed by atoms with van der Waals surface area (Å²) in [5.74, 6) is 2.48. The molecule has 0 N–H and O–H groups in total. The summed E-state index contributed by atoms with van der Waals surface area (Å²) in [6.45, 7) is 2.05. The van der Waals surface area contributed by atoms with E-state index in [1.165, 1.54) is 38.7 Å². The van der Waals surface area contributed by atoms with Crippen LogP contribution in [0.4, 0.5) is 0 Å². The van der Waals surface area contributed by atoms with Gasteiger partial charge in [0.1, 0.15) is 11.3 Å². The number of benzene rings is 3. The molecule has 176 valence electrons. The second-order valence-electron chi connectivity index (χ2n) is 7.55. The van der Waals surface area contributed by atoms with E-state index < -0.39 is 0 Å². The minimum atomic E-state index is -0.235. The van der Waals surface area contributed by atoms with Gasteiger partial charge in [0, 0.05) is 5.75 Å². The summed E-state index contributed by atoms with van der Waals surface area (Å²) < 4.78 is 23.5. The van der Waals surface area contributed by atoms with Crippen LogP contribution in [-0.2, 0) is 5.75 Å². The van der Waals surface area contributed by atoms with Crippen molar-refractivity contribution < 1.29 is 18.9 Å². The topological polar surface area (TPSA) is 71.8 Å². The Hall–Kier alpha value is -3.65. The Morgan fingerprint density at radius 3 is 2.12 bits per heavy atom. The normalized spacial score (nSPS) is 10.9. The van der Waals surface area contributed by atoms with Crippen molar-refractivity contribution >= 4 is 22.7 Å². The minimum Gasteiger partial charge on any atom is -0.497 e. The lowest BCUT2D eigenvalue weighted by Gasteiger charge is -2.17. The van der Waals surface area contributed by atoms with Crippen molar-refractivity contribution in [2.45, 2.75) is 17.8 Å². The second-order valence-corrected chi connectivity index (χ2v) is 8.49. The maximum absolute atomic E-state index is 13.8. The summed E-state index contributed by atoms with van der Waals surface area (Å²) in [4.78, 5) is 18.7. The standard InChI is InChI=1S/C26H26N2O5S/c1-16-6-8-17(9-7-16)15-34-26-27-22-20(14-21(31-3)23(32-4)24(22)33-5)25(29)28(26)18-10-12-19(30-2)13-11-18/h6-14H,15H2,1-5H3. The highest BCUT2D eigenvalue weighted by Gasteiger charge is 2.22. The average molecular weight is 479 g/mol. The molecule has 8 heteroatoms. The Morgan fingerprint density at radius 2 is 1.53 bits per heavy atom. The molecule has 0 aliphatic carbocycles. The molecule has 0 amide bonds. The molecule has 4 rings (SSSR count). The molecule has 0 unspecified atom stereocenters. The number of aromatic nitrogens is 2. The fourth-order valence-electron chi connectivity index (χ4n) is 3.66. The third-order valence-corrected chi connectivity index (χ3v) is 6.46. The molecule has 0 spiro atoms. The smallest absolute Gasteiger partial charge is 0.266 e. The maximum Gasteiger partial charge on any atom is 0.266 e. The first-order valence-corrected chi connectivity index (χ1v) is 11.6. The average Bonchev–Trinajstić information content (AvgIpc) is 2.87. The number of hydrogen-bond donors (Lipinski definition) is 0. The molecule has 1 aromatic heterocycles. The lowest BCUT2D eigenvalue weighted by Crippen LogP contribution is -2.22. The van der Waals surface area contributed by atoms with Gasteiger partial charge < -0.3 is 18.9 Å². The van der Waals surface area contributed by atoms with Crippen molar-refractivity contribution in [1.29, 1.82) is 0 Å². The Kier molecular flexibility index (Phi) is 6.98. The van der Waals surface area contributed by atoms with E-state index >= 15 is 0 Å². The molecule has 34 heavy (non-hydrogen) atoms. The van der Waals surface area contributed by atoms with Crippen LogP contribution in [0, 0.1) is 6.92 Å². The van der Waals surface area contributed by atoms with Gasteiger partial charge in [-0.25, -0.2) is 4.98 Å². The summed E-state index contributed by atoms with van der Waals surface area (Å²) >= 11 is 1.48. The van der Waals surface area contributed by atoms with Crippen molar-refractivity contribution in [2.75, 3.05) is 28.4 Å². The molecule has 7 nitrogen and oxygen atoms in total. The van der Waals surface area contributed by atoms with E-state index in [1.807, 2.05) is 24.3 Å². The van der Waals surface area contributed by atoms with Crippen LogP contribution in [0.15, 0.2) is 64.5 Å². The summed E-state index contributed by atoms with van der Waals surface area (Å²) in [5, 5.41) is 0.902. The van der Waals surface area contributed by atoms with Crippen LogP contribution < -0.4 is 24.5 Å². The van der Waals surface area contributed by atoms with Gasteiger partial charge >= 0.3 is 0 Å². The van der Waals surface area contributed by atoms with Crippen molar-refractivity contribution in [3.8, 4) is 28.7 Å². The van der Waals surface area contributed by atoms with E-state index in [0.717, 1.165) is 5.56 Å². The van der Waals surface area contributed by atoms with E-state index in [1.54, 1.807) is 17.7 Å². The SMILES string of the molecule is COc1ccc(-n2c(SCc3ccc(C)cc3)nc3c(OC)c(OC)c(OC)cc3c2=O)cc1. The zero-order valence-electron chi connectivity index (χ0n) is 19.7. The first-order valence-electron chi connectivity index (χ1n) is 10.6. The Morgan fingerprint density at radius 1 is 0.853 bits per heavy atom. The molecule has 0 saturated heterocycles. The number of thioether (sulfide) groups is 1. The number of methoxy groups -OCH3 is 4. The van der Waals surface area contributed by atoms with Gasteiger partial charge in [-0.2, -0.15) is 0 Å². The first kappa shape index (κ1) is 23.5. The third kappa shape index (κ3) is 4.41. The first-order chi connectivity index (χ1) is 16.5. The molecule has 0 bridgehead atoms. The van der Waals surface area contributed by atoms with E-state index in [-0.39, 0.29) is 5.56 Å². The van der Waals surface area contributed by atoms with Crippen LogP contribution in [-0.4, -0.2) is 38.0 Å². The summed E-state index contributed by atoms with van der Waals surface area (Å²) in [6.07, 6.45) is 0. The van der Waals surface area contributed by atoms with Crippen LogP contribution >= 0.6 is 11.8 Å². The van der Waals surface area contributed by atoms with Gasteiger partial charge in [-0.05, 0) is 42.8 Å². The highest BCUT2D eigenvalue weighted by Crippen LogP contribution is 2.42. The Labute approximate surface area is 202 Å². The van der Waals surface area contributed by atoms with Gasteiger partial charge in [0.2, 0.25) is 5.75 Å². The Bertz CT molecular complexity index is 1370. The lowest BCUT2D eigenvalue weighted by molar-refractivity contribution is 0.326. The quantitative estimate of drug-likeness (QED) is 0.260. The molecule has 0 aliphatic heterocycles. The van der Waals surface area contributed by atoms with Gasteiger partial charge in [-0.3, -0.25) is 9.36 Å². The number of hydrogen-bond acceptors (Lipinski definition) is 7. The molecule has 0 fully saturated rings. The van der Waals surface area contributed by atoms with Crippen molar-refractivity contribution in [1.82, 2.24) is 9.55 Å². The van der Waals surface area contributed by atoms with Crippen LogP contribution in [0.3, 0.4) is 0 Å². The van der Waals surface area contributed by atoms with E-state index in [9.17, 15) is 4.79 Å². The zero-order chi connectivity index (χ0) is 24.2. The molecular formula is C26H26N2O5S. The third-order valence-electron chi connectivity index (χ3n) is 5.46.